The maximum Gasteiger partial charge on any atom is 0.189 e. The quantitative estimate of drug-likeness (QED) is 0.621. The number of carbonyl (C=O) groups excluding carboxylic acids is 1. The Morgan fingerprint density at radius 1 is 1.12 bits per heavy atom. The van der Waals surface area contributed by atoms with Crippen LogP contribution in [0.5, 0.6) is 0 Å². The molecule has 0 aliphatic heterocycles. The Hall–Kier alpha value is -1.87. The van der Waals surface area contributed by atoms with E-state index in [4.69, 9.17) is 4.42 Å². The Morgan fingerprint density at radius 2 is 1.94 bits per heavy atom. The molecule has 0 spiro atoms. The van der Waals surface area contributed by atoms with Gasteiger partial charge >= 0.3 is 0 Å². The first kappa shape index (κ1) is 9.36. The van der Waals surface area contributed by atoms with E-state index in [0.717, 1.165) is 27.9 Å². The van der Waals surface area contributed by atoms with E-state index in [9.17, 15) is 4.79 Å². The van der Waals surface area contributed by atoms with Crippen molar-refractivity contribution < 1.29 is 9.21 Å². The number of fused-ring (bicyclic) bond motifs is 1. The van der Waals surface area contributed by atoms with Crippen LogP contribution in [0, 0.1) is 0 Å². The van der Waals surface area contributed by atoms with Gasteiger partial charge in [0.1, 0.15) is 5.76 Å². The Bertz CT molecular complexity index is 603. The third-order valence-electron chi connectivity index (χ3n) is 2.41. The van der Waals surface area contributed by atoms with Crippen LogP contribution in [0.3, 0.4) is 0 Å². The van der Waals surface area contributed by atoms with E-state index < -0.39 is 0 Å². The van der Waals surface area contributed by atoms with Gasteiger partial charge in [0, 0.05) is 10.9 Å². The lowest BCUT2D eigenvalue weighted by Crippen LogP contribution is -1.70. The number of carbonyl (C=O) groups is 1. The summed E-state index contributed by atoms with van der Waals surface area (Å²) in [6, 6.07) is 13.7. The summed E-state index contributed by atoms with van der Waals surface area (Å²) < 4.78 is 5.70. The van der Waals surface area contributed by atoms with E-state index in [-0.39, 0.29) is 0 Å². The molecule has 0 radical (unpaired) electrons. The number of furan rings is 1. The minimum atomic E-state index is 0.702. The maximum atomic E-state index is 10.6. The van der Waals surface area contributed by atoms with Crippen molar-refractivity contribution in [3.8, 4) is 11.3 Å². The third kappa shape index (κ3) is 1.46. The highest BCUT2D eigenvalue weighted by molar-refractivity contribution is 7.19. The lowest BCUT2D eigenvalue weighted by Gasteiger charge is -1.93. The van der Waals surface area contributed by atoms with Gasteiger partial charge in [-0.15, -0.1) is 0 Å². The maximum absolute atomic E-state index is 10.6. The van der Waals surface area contributed by atoms with Crippen molar-refractivity contribution in [2.45, 2.75) is 0 Å². The van der Waals surface area contributed by atoms with Crippen molar-refractivity contribution in [2.24, 2.45) is 0 Å². The molecular weight excluding hydrogens is 220 g/mol. The average Bonchev–Trinajstić information content (AvgIpc) is 2.87. The molecule has 0 atom stereocenters. The molecule has 0 saturated carbocycles. The van der Waals surface area contributed by atoms with Crippen LogP contribution in [-0.4, -0.2) is 6.29 Å². The number of thiophene rings is 1. The molecule has 0 amide bonds. The molecule has 0 fully saturated rings. The number of hydrogen-bond donors (Lipinski definition) is 0. The average molecular weight is 228 g/mol. The molecule has 3 rings (SSSR count). The Morgan fingerprint density at radius 3 is 2.62 bits per heavy atom. The van der Waals surface area contributed by atoms with Crippen molar-refractivity contribution in [1.29, 1.82) is 0 Å². The van der Waals surface area contributed by atoms with E-state index in [1.54, 1.807) is 0 Å². The summed E-state index contributed by atoms with van der Waals surface area (Å²) in [5, 5.41) is 0.992. The predicted molar refractivity (Wildman–Crippen MR) is 64.9 cm³/mol. The van der Waals surface area contributed by atoms with E-state index in [1.165, 1.54) is 11.3 Å². The molecule has 16 heavy (non-hydrogen) atoms. The molecule has 78 valence electrons. The molecule has 0 saturated heterocycles. The van der Waals surface area contributed by atoms with Crippen molar-refractivity contribution in [3.05, 3.63) is 47.3 Å². The van der Waals surface area contributed by atoms with Gasteiger partial charge in [0.2, 0.25) is 0 Å². The Labute approximate surface area is 96.1 Å². The second-order valence-electron chi connectivity index (χ2n) is 3.49. The van der Waals surface area contributed by atoms with Gasteiger partial charge in [-0.05, 0) is 12.1 Å². The molecule has 0 aliphatic carbocycles. The molecule has 2 nitrogen and oxygen atoms in total. The first-order chi connectivity index (χ1) is 7.86. The molecule has 3 aromatic rings. The number of rotatable bonds is 2. The zero-order valence-corrected chi connectivity index (χ0v) is 9.16. The summed E-state index contributed by atoms with van der Waals surface area (Å²) in [6.07, 6.45) is 0.850. The largest absolute Gasteiger partial charge is 0.445 e. The highest BCUT2D eigenvalue weighted by Crippen LogP contribution is 2.32. The fraction of sp³-hybridized carbons (Fsp3) is 0. The van der Waals surface area contributed by atoms with Crippen LogP contribution in [0.1, 0.15) is 9.67 Å². The molecule has 0 bridgehead atoms. The molecular formula is C13H8O2S. The number of benzene rings is 1. The monoisotopic (exact) mass is 228 g/mol. The predicted octanol–water partition coefficient (Wildman–Crippen LogP) is 3.97. The van der Waals surface area contributed by atoms with Gasteiger partial charge in [0.25, 0.3) is 0 Å². The third-order valence-corrected chi connectivity index (χ3v) is 3.36. The van der Waals surface area contributed by atoms with Crippen LogP contribution in [0.4, 0.5) is 0 Å². The smallest absolute Gasteiger partial charge is 0.189 e. The molecule has 3 heteroatoms. The molecule has 1 aromatic carbocycles. The van der Waals surface area contributed by atoms with Gasteiger partial charge < -0.3 is 4.42 Å². The van der Waals surface area contributed by atoms with E-state index in [1.807, 2.05) is 42.5 Å². The van der Waals surface area contributed by atoms with Gasteiger partial charge in [0.15, 0.2) is 11.2 Å². The van der Waals surface area contributed by atoms with Crippen molar-refractivity contribution >= 4 is 27.9 Å². The van der Waals surface area contributed by atoms with Gasteiger partial charge in [-0.2, -0.15) is 0 Å². The first-order valence-electron chi connectivity index (χ1n) is 4.91. The highest BCUT2D eigenvalue weighted by atomic mass is 32.1. The van der Waals surface area contributed by atoms with Gasteiger partial charge in [-0.1, -0.05) is 41.7 Å². The van der Waals surface area contributed by atoms with E-state index in [2.05, 4.69) is 0 Å². The fourth-order valence-corrected chi connectivity index (χ4v) is 2.48. The summed E-state index contributed by atoms with van der Waals surface area (Å²) in [7, 11) is 0. The minimum Gasteiger partial charge on any atom is -0.445 e. The molecule has 2 heterocycles. The Balaban J connectivity index is 2.13. The topological polar surface area (TPSA) is 30.2 Å². The van der Waals surface area contributed by atoms with Gasteiger partial charge in [-0.3, -0.25) is 4.79 Å². The minimum absolute atomic E-state index is 0.702. The van der Waals surface area contributed by atoms with E-state index >= 15 is 0 Å². The number of aldehydes is 1. The summed E-state index contributed by atoms with van der Waals surface area (Å²) >= 11 is 1.38. The van der Waals surface area contributed by atoms with Crippen LogP contribution in [0.25, 0.3) is 21.6 Å². The lowest BCUT2D eigenvalue weighted by atomic mass is 10.2. The van der Waals surface area contributed by atoms with Crippen LogP contribution in [-0.2, 0) is 0 Å². The standard InChI is InChI=1S/C13H8O2S/c14-8-11-6-10-7-12(15-13(10)16-11)9-4-2-1-3-5-9/h1-8H. The Kier molecular flexibility index (Phi) is 2.11. The first-order valence-corrected chi connectivity index (χ1v) is 5.72. The second kappa shape index (κ2) is 3.61. The summed E-state index contributed by atoms with van der Waals surface area (Å²) in [5.41, 5.74) is 1.05. The van der Waals surface area contributed by atoms with Gasteiger partial charge in [0.05, 0.1) is 4.88 Å². The van der Waals surface area contributed by atoms with Gasteiger partial charge in [-0.25, -0.2) is 0 Å². The lowest BCUT2D eigenvalue weighted by molar-refractivity contribution is 0.112. The molecule has 0 aliphatic rings. The van der Waals surface area contributed by atoms with Crippen LogP contribution in [0.2, 0.25) is 0 Å². The molecule has 0 unspecified atom stereocenters. The zero-order chi connectivity index (χ0) is 11.0. The summed E-state index contributed by atoms with van der Waals surface area (Å²) in [5.74, 6) is 0.847. The van der Waals surface area contributed by atoms with Crippen LogP contribution < -0.4 is 0 Å². The summed E-state index contributed by atoms with van der Waals surface area (Å²) in [6.45, 7) is 0. The number of hydrogen-bond acceptors (Lipinski definition) is 3. The van der Waals surface area contributed by atoms with Crippen molar-refractivity contribution in [1.82, 2.24) is 0 Å². The zero-order valence-electron chi connectivity index (χ0n) is 8.34. The van der Waals surface area contributed by atoms with Crippen LogP contribution in [0.15, 0.2) is 46.9 Å². The normalized spacial score (nSPS) is 10.8. The SMILES string of the molecule is O=Cc1cc2cc(-c3ccccc3)oc2s1. The summed E-state index contributed by atoms with van der Waals surface area (Å²) in [4.78, 5) is 12.1. The molecule has 2 aromatic heterocycles. The van der Waals surface area contributed by atoms with Crippen LogP contribution >= 0.6 is 11.3 Å². The van der Waals surface area contributed by atoms with Crippen molar-refractivity contribution in [3.63, 3.8) is 0 Å². The van der Waals surface area contributed by atoms with E-state index in [0.29, 0.717) is 4.88 Å². The molecule has 0 N–H and O–H groups in total. The highest BCUT2D eigenvalue weighted by Gasteiger charge is 2.09. The fourth-order valence-electron chi connectivity index (χ4n) is 1.66. The second-order valence-corrected chi connectivity index (χ2v) is 4.53. The van der Waals surface area contributed by atoms with Crippen molar-refractivity contribution in [2.75, 3.05) is 0 Å².